The van der Waals surface area contributed by atoms with Gasteiger partial charge in [0, 0.05) is 12.2 Å². The van der Waals surface area contributed by atoms with Crippen LogP contribution in [0, 0.1) is 6.92 Å². The number of carbonyl (C=O) groups is 1. The maximum atomic E-state index is 13.0. The number of rotatable bonds is 6. The molecule has 1 aromatic heterocycles. The Kier molecular flexibility index (Phi) is 5.93. The quantitative estimate of drug-likeness (QED) is 0.528. The molecule has 0 fully saturated rings. The number of aryl methyl sites for hydroxylation is 1. The van der Waals surface area contributed by atoms with E-state index in [0.29, 0.717) is 5.75 Å². The number of nitrogens with zero attached hydrogens (tertiary/aromatic N) is 2. The SMILES string of the molecule is Cc1ccc(C2CC(c3cccs3)=NN2C(=O)CSCc2ccccc2)cc1. The zero-order valence-electron chi connectivity index (χ0n) is 15.7. The van der Waals surface area contributed by atoms with Crippen molar-refractivity contribution in [1.82, 2.24) is 5.01 Å². The Labute approximate surface area is 174 Å². The first kappa shape index (κ1) is 19.0. The first-order valence-corrected chi connectivity index (χ1v) is 11.4. The van der Waals surface area contributed by atoms with Gasteiger partial charge in [-0.25, -0.2) is 5.01 Å². The summed E-state index contributed by atoms with van der Waals surface area (Å²) in [5.74, 6) is 1.33. The number of thiophene rings is 1. The molecular formula is C23H22N2OS2. The summed E-state index contributed by atoms with van der Waals surface area (Å²) in [6.07, 6.45) is 0.763. The lowest BCUT2D eigenvalue weighted by Gasteiger charge is -2.22. The molecule has 1 unspecified atom stereocenters. The highest BCUT2D eigenvalue weighted by Crippen LogP contribution is 2.34. The normalized spacial score (nSPS) is 16.2. The summed E-state index contributed by atoms with van der Waals surface area (Å²) in [7, 11) is 0. The largest absolute Gasteiger partial charge is 0.272 e. The summed E-state index contributed by atoms with van der Waals surface area (Å²) in [4.78, 5) is 14.1. The fourth-order valence-corrected chi connectivity index (χ4v) is 4.83. The molecule has 1 aliphatic rings. The third-order valence-electron chi connectivity index (χ3n) is 4.77. The number of amides is 1. The predicted octanol–water partition coefficient (Wildman–Crippen LogP) is 5.67. The van der Waals surface area contributed by atoms with Crippen LogP contribution in [-0.4, -0.2) is 22.4 Å². The molecule has 28 heavy (non-hydrogen) atoms. The number of hydrogen-bond acceptors (Lipinski definition) is 4. The highest BCUT2D eigenvalue weighted by Gasteiger charge is 2.33. The second-order valence-electron chi connectivity index (χ2n) is 6.87. The lowest BCUT2D eigenvalue weighted by atomic mass is 10.00. The zero-order valence-corrected chi connectivity index (χ0v) is 17.4. The van der Waals surface area contributed by atoms with Gasteiger partial charge in [0.2, 0.25) is 0 Å². The highest BCUT2D eigenvalue weighted by atomic mass is 32.2. The molecule has 4 rings (SSSR count). The van der Waals surface area contributed by atoms with Gasteiger partial charge in [-0.2, -0.15) is 5.10 Å². The molecule has 1 atom stereocenters. The molecule has 0 spiro atoms. The molecule has 5 heteroatoms. The van der Waals surface area contributed by atoms with E-state index in [-0.39, 0.29) is 11.9 Å². The van der Waals surface area contributed by atoms with Gasteiger partial charge >= 0.3 is 0 Å². The monoisotopic (exact) mass is 406 g/mol. The van der Waals surface area contributed by atoms with Gasteiger partial charge in [0.05, 0.1) is 22.4 Å². The van der Waals surface area contributed by atoms with Gasteiger partial charge in [-0.1, -0.05) is 66.2 Å². The molecule has 3 aromatic rings. The summed E-state index contributed by atoms with van der Waals surface area (Å²) >= 11 is 3.32. The van der Waals surface area contributed by atoms with Crippen molar-refractivity contribution in [2.24, 2.45) is 5.10 Å². The predicted molar refractivity (Wildman–Crippen MR) is 119 cm³/mol. The van der Waals surface area contributed by atoms with Crippen LogP contribution < -0.4 is 0 Å². The summed E-state index contributed by atoms with van der Waals surface area (Å²) < 4.78 is 0. The standard InChI is InChI=1S/C23H22N2OS2/c1-17-9-11-19(12-10-17)21-14-20(22-8-5-13-28-22)24-25(21)23(26)16-27-15-18-6-3-2-4-7-18/h2-13,21H,14-16H2,1H3. The molecule has 2 heterocycles. The van der Waals surface area contributed by atoms with Gasteiger partial charge < -0.3 is 0 Å². The maximum Gasteiger partial charge on any atom is 0.253 e. The average Bonchev–Trinajstić information content (AvgIpc) is 3.39. The van der Waals surface area contributed by atoms with Gasteiger partial charge in [-0.3, -0.25) is 4.79 Å². The minimum absolute atomic E-state index is 0.0254. The van der Waals surface area contributed by atoms with Crippen LogP contribution in [-0.2, 0) is 10.5 Å². The molecule has 2 aromatic carbocycles. The van der Waals surface area contributed by atoms with Crippen molar-refractivity contribution in [2.75, 3.05) is 5.75 Å². The van der Waals surface area contributed by atoms with Crippen LogP contribution in [0.1, 0.15) is 34.0 Å². The lowest BCUT2D eigenvalue weighted by Crippen LogP contribution is -2.28. The molecule has 3 nitrogen and oxygen atoms in total. The number of benzene rings is 2. The van der Waals surface area contributed by atoms with Crippen molar-refractivity contribution < 1.29 is 4.79 Å². The van der Waals surface area contributed by atoms with E-state index in [2.05, 4.69) is 54.8 Å². The van der Waals surface area contributed by atoms with Crippen molar-refractivity contribution in [3.8, 4) is 0 Å². The van der Waals surface area contributed by atoms with E-state index in [9.17, 15) is 4.79 Å². The smallest absolute Gasteiger partial charge is 0.253 e. The minimum atomic E-state index is -0.0254. The van der Waals surface area contributed by atoms with Crippen molar-refractivity contribution in [3.05, 3.63) is 93.7 Å². The van der Waals surface area contributed by atoms with E-state index in [1.54, 1.807) is 28.1 Å². The van der Waals surface area contributed by atoms with Crippen molar-refractivity contribution in [3.63, 3.8) is 0 Å². The van der Waals surface area contributed by atoms with Crippen LogP contribution >= 0.6 is 23.1 Å². The third kappa shape index (κ3) is 4.37. The molecule has 142 valence electrons. The molecule has 1 aliphatic heterocycles. The summed E-state index contributed by atoms with van der Waals surface area (Å²) in [5, 5.41) is 8.49. The average molecular weight is 407 g/mol. The van der Waals surface area contributed by atoms with E-state index in [4.69, 9.17) is 5.10 Å². The molecule has 0 bridgehead atoms. The van der Waals surface area contributed by atoms with Gasteiger partial charge in [0.15, 0.2) is 0 Å². The third-order valence-corrected chi connectivity index (χ3v) is 6.68. The van der Waals surface area contributed by atoms with Gasteiger partial charge in [-0.15, -0.1) is 23.1 Å². The first-order chi connectivity index (χ1) is 13.7. The van der Waals surface area contributed by atoms with Crippen molar-refractivity contribution in [1.29, 1.82) is 0 Å². The molecule has 0 saturated heterocycles. The van der Waals surface area contributed by atoms with Crippen molar-refractivity contribution in [2.45, 2.75) is 25.1 Å². The summed E-state index contributed by atoms with van der Waals surface area (Å²) in [5.41, 5.74) is 4.60. The summed E-state index contributed by atoms with van der Waals surface area (Å²) in [6.45, 7) is 2.08. The fourth-order valence-electron chi connectivity index (χ4n) is 3.28. The molecule has 0 N–H and O–H groups in total. The maximum absolute atomic E-state index is 13.0. The Bertz CT molecular complexity index is 950. The summed E-state index contributed by atoms with van der Waals surface area (Å²) in [6, 6.07) is 22.8. The Balaban J connectivity index is 1.49. The lowest BCUT2D eigenvalue weighted by molar-refractivity contribution is -0.130. The van der Waals surface area contributed by atoms with E-state index in [1.807, 2.05) is 24.3 Å². The first-order valence-electron chi connectivity index (χ1n) is 9.32. The number of carbonyl (C=O) groups excluding carboxylic acids is 1. The van der Waals surface area contributed by atoms with E-state index in [1.165, 1.54) is 11.1 Å². The molecule has 0 radical (unpaired) electrons. The van der Waals surface area contributed by atoms with Gasteiger partial charge in [0.1, 0.15) is 0 Å². The molecule has 1 amide bonds. The van der Waals surface area contributed by atoms with Gasteiger partial charge in [0.25, 0.3) is 5.91 Å². The zero-order chi connectivity index (χ0) is 19.3. The van der Waals surface area contributed by atoms with Crippen LogP contribution in [0.4, 0.5) is 0 Å². The number of hydrogen-bond donors (Lipinski definition) is 0. The van der Waals surface area contributed by atoms with E-state index < -0.39 is 0 Å². The van der Waals surface area contributed by atoms with E-state index >= 15 is 0 Å². The van der Waals surface area contributed by atoms with Crippen molar-refractivity contribution >= 4 is 34.7 Å². The second kappa shape index (κ2) is 8.76. The Morgan fingerprint density at radius 2 is 1.89 bits per heavy atom. The topological polar surface area (TPSA) is 32.7 Å². The van der Waals surface area contributed by atoms with Crippen LogP contribution in [0.15, 0.2) is 77.2 Å². The van der Waals surface area contributed by atoms with Crippen LogP contribution in [0.2, 0.25) is 0 Å². The Morgan fingerprint density at radius 3 is 2.61 bits per heavy atom. The molecule has 0 aliphatic carbocycles. The second-order valence-corrected chi connectivity index (χ2v) is 8.80. The molecule has 0 saturated carbocycles. The van der Waals surface area contributed by atoms with Crippen LogP contribution in [0.3, 0.4) is 0 Å². The Morgan fingerprint density at radius 1 is 1.11 bits per heavy atom. The van der Waals surface area contributed by atoms with E-state index in [0.717, 1.165) is 28.3 Å². The fraction of sp³-hybridized carbons (Fsp3) is 0.217. The number of hydrazone groups is 1. The number of thioether (sulfide) groups is 1. The Hall–Kier alpha value is -2.37. The van der Waals surface area contributed by atoms with Gasteiger partial charge in [-0.05, 0) is 29.5 Å². The van der Waals surface area contributed by atoms with Crippen LogP contribution in [0.25, 0.3) is 0 Å². The molecular weight excluding hydrogens is 384 g/mol. The minimum Gasteiger partial charge on any atom is -0.272 e. The van der Waals surface area contributed by atoms with Crippen LogP contribution in [0.5, 0.6) is 0 Å². The highest BCUT2D eigenvalue weighted by molar-refractivity contribution is 7.99.